The number of esters is 1. The molecule has 5 heteroatoms. The van der Waals surface area contributed by atoms with Crippen molar-refractivity contribution in [3.8, 4) is 0 Å². The van der Waals surface area contributed by atoms with Crippen molar-refractivity contribution in [2.45, 2.75) is 26.7 Å². The van der Waals surface area contributed by atoms with Crippen molar-refractivity contribution in [1.82, 2.24) is 4.98 Å². The summed E-state index contributed by atoms with van der Waals surface area (Å²) in [7, 11) is 1.38. The van der Waals surface area contributed by atoms with Crippen LogP contribution >= 0.6 is 11.3 Å². The predicted molar refractivity (Wildman–Crippen MR) is 68.4 cm³/mol. The molecule has 0 aliphatic heterocycles. The summed E-state index contributed by atoms with van der Waals surface area (Å²) in [6, 6.07) is 0. The summed E-state index contributed by atoms with van der Waals surface area (Å²) in [5.41, 5.74) is 0.442. The van der Waals surface area contributed by atoms with Crippen LogP contribution < -0.4 is 5.32 Å². The maximum Gasteiger partial charge on any atom is 0.349 e. The van der Waals surface area contributed by atoms with Crippen LogP contribution in [-0.2, 0) is 4.74 Å². The van der Waals surface area contributed by atoms with E-state index in [1.54, 1.807) is 6.20 Å². The van der Waals surface area contributed by atoms with Gasteiger partial charge in [-0.05, 0) is 24.2 Å². The van der Waals surface area contributed by atoms with Gasteiger partial charge in [0.05, 0.1) is 13.3 Å². The number of rotatable bonds is 5. The molecule has 94 valence electrons. The Labute approximate surface area is 105 Å². The zero-order valence-electron chi connectivity index (χ0n) is 10.4. The van der Waals surface area contributed by atoms with Gasteiger partial charge in [0.25, 0.3) is 0 Å². The fraction of sp³-hybridized carbons (Fsp3) is 0.667. The van der Waals surface area contributed by atoms with E-state index in [2.05, 4.69) is 28.9 Å². The average molecular weight is 254 g/mol. The van der Waals surface area contributed by atoms with Crippen molar-refractivity contribution in [3.63, 3.8) is 0 Å². The smallest absolute Gasteiger partial charge is 0.349 e. The first-order valence-corrected chi connectivity index (χ1v) is 6.67. The van der Waals surface area contributed by atoms with Gasteiger partial charge in [0, 0.05) is 6.54 Å². The van der Waals surface area contributed by atoms with Crippen LogP contribution in [0.3, 0.4) is 0 Å². The maximum atomic E-state index is 11.3. The molecule has 1 heterocycles. The first-order valence-electron chi connectivity index (χ1n) is 5.85. The monoisotopic (exact) mass is 254 g/mol. The van der Waals surface area contributed by atoms with Gasteiger partial charge in [-0.2, -0.15) is 0 Å². The lowest BCUT2D eigenvalue weighted by atomic mass is 9.92. The quantitative estimate of drug-likeness (QED) is 0.821. The first kappa shape index (κ1) is 12.4. The molecule has 0 aromatic carbocycles. The molecule has 17 heavy (non-hydrogen) atoms. The molecular weight excluding hydrogens is 236 g/mol. The molecule has 0 amide bonds. The largest absolute Gasteiger partial charge is 0.465 e. The molecule has 1 aromatic heterocycles. The van der Waals surface area contributed by atoms with Crippen molar-refractivity contribution in [2.75, 3.05) is 19.0 Å². The number of nitrogens with zero attached hydrogens (tertiary/aromatic N) is 1. The van der Waals surface area contributed by atoms with Crippen LogP contribution in [0.1, 0.15) is 36.4 Å². The summed E-state index contributed by atoms with van der Waals surface area (Å²) in [4.78, 5) is 16.0. The molecular formula is C12H18N2O2S. The Balaban J connectivity index is 1.92. The van der Waals surface area contributed by atoms with Crippen LogP contribution in [0.15, 0.2) is 6.20 Å². The standard InChI is InChI=1S/C12H18N2O2S/c1-8(2)12(4-5-12)7-14-11-13-6-9(17-11)10(15)16-3/h6,8H,4-5,7H2,1-3H3,(H,13,14). The summed E-state index contributed by atoms with van der Waals surface area (Å²) in [5.74, 6) is 0.371. The number of thiazole rings is 1. The van der Waals surface area contributed by atoms with E-state index >= 15 is 0 Å². The van der Waals surface area contributed by atoms with Crippen LogP contribution in [-0.4, -0.2) is 24.6 Å². The van der Waals surface area contributed by atoms with E-state index < -0.39 is 0 Å². The minimum absolute atomic E-state index is 0.319. The second-order valence-corrected chi connectivity index (χ2v) is 5.92. The molecule has 0 saturated heterocycles. The highest BCUT2D eigenvalue weighted by Crippen LogP contribution is 2.51. The zero-order valence-corrected chi connectivity index (χ0v) is 11.3. The van der Waals surface area contributed by atoms with Crippen LogP contribution in [0.25, 0.3) is 0 Å². The molecule has 1 saturated carbocycles. The second kappa shape index (κ2) is 4.64. The number of carbonyl (C=O) groups excluding carboxylic acids is 1. The molecule has 0 unspecified atom stereocenters. The van der Waals surface area contributed by atoms with Crippen LogP contribution in [0.5, 0.6) is 0 Å². The van der Waals surface area contributed by atoms with Gasteiger partial charge in [0.2, 0.25) is 0 Å². The van der Waals surface area contributed by atoms with E-state index in [1.807, 2.05) is 0 Å². The lowest BCUT2D eigenvalue weighted by molar-refractivity contribution is 0.0606. The summed E-state index contributed by atoms with van der Waals surface area (Å²) in [6.45, 7) is 5.46. The normalized spacial score (nSPS) is 16.9. The SMILES string of the molecule is COC(=O)c1cnc(NCC2(C(C)C)CC2)s1. The Bertz CT molecular complexity index is 410. The van der Waals surface area contributed by atoms with Gasteiger partial charge in [-0.3, -0.25) is 0 Å². The lowest BCUT2D eigenvalue weighted by Gasteiger charge is -2.19. The van der Waals surface area contributed by atoms with Gasteiger partial charge in [-0.1, -0.05) is 25.2 Å². The third-order valence-electron chi connectivity index (χ3n) is 3.60. The Hall–Kier alpha value is -1.10. The van der Waals surface area contributed by atoms with Crippen molar-refractivity contribution in [1.29, 1.82) is 0 Å². The number of methoxy groups -OCH3 is 1. The minimum atomic E-state index is -0.319. The number of carbonyl (C=O) groups is 1. The van der Waals surface area contributed by atoms with Crippen LogP contribution in [0.4, 0.5) is 5.13 Å². The molecule has 1 aliphatic rings. The Kier molecular flexibility index (Phi) is 3.38. The molecule has 1 fully saturated rings. The average Bonchev–Trinajstić information content (AvgIpc) is 2.97. The number of hydrogen-bond donors (Lipinski definition) is 1. The highest BCUT2D eigenvalue weighted by molar-refractivity contribution is 7.17. The molecule has 4 nitrogen and oxygen atoms in total. The molecule has 0 spiro atoms. The summed E-state index contributed by atoms with van der Waals surface area (Å²) in [5, 5.41) is 4.13. The van der Waals surface area contributed by atoms with E-state index in [9.17, 15) is 4.79 Å². The number of aromatic nitrogens is 1. The Morgan fingerprint density at radius 2 is 2.35 bits per heavy atom. The lowest BCUT2D eigenvalue weighted by Crippen LogP contribution is -2.20. The topological polar surface area (TPSA) is 51.2 Å². The highest BCUT2D eigenvalue weighted by atomic mass is 32.1. The minimum Gasteiger partial charge on any atom is -0.465 e. The van der Waals surface area contributed by atoms with Crippen molar-refractivity contribution in [3.05, 3.63) is 11.1 Å². The third kappa shape index (κ3) is 2.60. The Morgan fingerprint density at radius 3 is 2.88 bits per heavy atom. The van der Waals surface area contributed by atoms with E-state index in [4.69, 9.17) is 0 Å². The fourth-order valence-corrected chi connectivity index (χ4v) is 2.65. The van der Waals surface area contributed by atoms with Gasteiger partial charge < -0.3 is 10.1 Å². The number of anilines is 1. The third-order valence-corrected chi connectivity index (χ3v) is 4.54. The van der Waals surface area contributed by atoms with Gasteiger partial charge in [-0.25, -0.2) is 9.78 Å². The summed E-state index contributed by atoms with van der Waals surface area (Å²) >= 11 is 1.35. The fourth-order valence-electron chi connectivity index (χ4n) is 1.92. The van der Waals surface area contributed by atoms with Crippen molar-refractivity contribution >= 4 is 22.4 Å². The maximum absolute atomic E-state index is 11.3. The number of nitrogens with one attached hydrogen (secondary N) is 1. The molecule has 1 aliphatic carbocycles. The van der Waals surface area contributed by atoms with Crippen molar-refractivity contribution in [2.24, 2.45) is 11.3 Å². The Morgan fingerprint density at radius 1 is 1.65 bits per heavy atom. The molecule has 2 rings (SSSR count). The number of ether oxygens (including phenoxy) is 1. The van der Waals surface area contributed by atoms with Crippen LogP contribution in [0.2, 0.25) is 0 Å². The van der Waals surface area contributed by atoms with Gasteiger partial charge in [0.15, 0.2) is 5.13 Å². The van der Waals surface area contributed by atoms with E-state index in [-0.39, 0.29) is 5.97 Å². The van der Waals surface area contributed by atoms with Gasteiger partial charge in [0.1, 0.15) is 4.88 Å². The summed E-state index contributed by atoms with van der Waals surface area (Å²) in [6.07, 6.45) is 4.13. The first-order chi connectivity index (χ1) is 8.07. The predicted octanol–water partition coefficient (Wildman–Crippen LogP) is 2.78. The zero-order chi connectivity index (χ0) is 12.5. The molecule has 1 N–H and O–H groups in total. The summed E-state index contributed by atoms with van der Waals surface area (Å²) < 4.78 is 4.65. The molecule has 0 atom stereocenters. The second-order valence-electron chi connectivity index (χ2n) is 4.89. The molecule has 0 bridgehead atoms. The molecule has 0 radical (unpaired) electrons. The van der Waals surface area contributed by atoms with E-state index in [1.165, 1.54) is 31.3 Å². The van der Waals surface area contributed by atoms with E-state index in [0.717, 1.165) is 11.7 Å². The van der Waals surface area contributed by atoms with Crippen molar-refractivity contribution < 1.29 is 9.53 Å². The highest BCUT2D eigenvalue weighted by Gasteiger charge is 2.45. The molecule has 1 aromatic rings. The van der Waals surface area contributed by atoms with Gasteiger partial charge in [-0.15, -0.1) is 0 Å². The van der Waals surface area contributed by atoms with Gasteiger partial charge >= 0.3 is 5.97 Å². The van der Waals surface area contributed by atoms with Crippen LogP contribution in [0, 0.1) is 11.3 Å². The number of hydrogen-bond acceptors (Lipinski definition) is 5. The van der Waals surface area contributed by atoms with E-state index in [0.29, 0.717) is 16.2 Å².